The van der Waals surface area contributed by atoms with Gasteiger partial charge in [-0.3, -0.25) is 10.1 Å². The minimum Gasteiger partial charge on any atom is -0.426 e. The second-order valence-corrected chi connectivity index (χ2v) is 4.93. The van der Waals surface area contributed by atoms with Gasteiger partial charge in [-0.05, 0) is 24.5 Å². The Hall–Kier alpha value is -2.74. The third-order valence-corrected chi connectivity index (χ3v) is 3.19. The number of ether oxygens (including phenoxy) is 1. The van der Waals surface area contributed by atoms with Gasteiger partial charge in [0, 0.05) is 6.07 Å². The average Bonchev–Trinajstić information content (AvgIpc) is 3.17. The number of carbonyl (C=O) groups is 1. The number of rotatable bonds is 5. The summed E-state index contributed by atoms with van der Waals surface area (Å²) in [4.78, 5) is 16.1. The number of para-hydroxylation sites is 1. The van der Waals surface area contributed by atoms with Crippen molar-refractivity contribution in [1.82, 2.24) is 15.2 Å². The van der Waals surface area contributed by atoms with Crippen LogP contribution in [-0.2, 0) is 0 Å². The Morgan fingerprint density at radius 2 is 2.09 bits per heavy atom. The summed E-state index contributed by atoms with van der Waals surface area (Å²) >= 11 is 1.37. The predicted molar refractivity (Wildman–Crippen MR) is 81.3 cm³/mol. The van der Waals surface area contributed by atoms with Gasteiger partial charge < -0.3 is 9.15 Å². The van der Waals surface area contributed by atoms with E-state index < -0.39 is 5.91 Å². The molecular weight excluding hydrogens is 304 g/mol. The molecule has 0 saturated carbocycles. The molecule has 3 rings (SSSR count). The van der Waals surface area contributed by atoms with Crippen LogP contribution >= 0.6 is 11.8 Å². The molecule has 0 radical (unpaired) electrons. The Kier molecular flexibility index (Phi) is 4.10. The maximum atomic E-state index is 12.0. The first-order valence-corrected chi connectivity index (χ1v) is 7.57. The highest BCUT2D eigenvalue weighted by atomic mass is 32.2. The van der Waals surface area contributed by atoms with Gasteiger partial charge in [0.15, 0.2) is 5.76 Å². The van der Waals surface area contributed by atoms with Gasteiger partial charge in [0.25, 0.3) is 11.9 Å². The molecule has 22 heavy (non-hydrogen) atoms. The number of amides is 1. The standard InChI is InChI=1S/C14H12N4O3S/c1-22-14-16-13(17-18-14)15-12(19)10-7-8-11(21-10)20-9-5-3-2-4-6-9/h2-8H,1H3,(H2,15,16,17,18,19). The number of thioether (sulfide) groups is 1. The topological polar surface area (TPSA) is 93.0 Å². The van der Waals surface area contributed by atoms with E-state index in [1.54, 1.807) is 18.2 Å². The van der Waals surface area contributed by atoms with Crippen molar-refractivity contribution in [1.29, 1.82) is 0 Å². The lowest BCUT2D eigenvalue weighted by Crippen LogP contribution is -2.11. The van der Waals surface area contributed by atoms with Crippen LogP contribution in [0.4, 0.5) is 5.95 Å². The Morgan fingerprint density at radius 3 is 2.82 bits per heavy atom. The molecule has 2 N–H and O–H groups in total. The smallest absolute Gasteiger partial charge is 0.293 e. The van der Waals surface area contributed by atoms with Crippen LogP contribution in [0.3, 0.4) is 0 Å². The maximum Gasteiger partial charge on any atom is 0.293 e. The Morgan fingerprint density at radius 1 is 1.27 bits per heavy atom. The van der Waals surface area contributed by atoms with Gasteiger partial charge in [-0.25, -0.2) is 5.10 Å². The van der Waals surface area contributed by atoms with Gasteiger partial charge in [0.1, 0.15) is 5.75 Å². The number of carbonyl (C=O) groups excluding carboxylic acids is 1. The fourth-order valence-electron chi connectivity index (χ4n) is 1.66. The number of nitrogens with zero attached hydrogens (tertiary/aromatic N) is 2. The molecule has 0 fully saturated rings. The fourth-order valence-corrected chi connectivity index (χ4v) is 1.98. The highest BCUT2D eigenvalue weighted by Gasteiger charge is 2.14. The van der Waals surface area contributed by atoms with Gasteiger partial charge in [-0.15, -0.1) is 5.10 Å². The summed E-state index contributed by atoms with van der Waals surface area (Å²) in [5, 5.41) is 9.62. The van der Waals surface area contributed by atoms with E-state index in [0.29, 0.717) is 10.9 Å². The van der Waals surface area contributed by atoms with Crippen molar-refractivity contribution in [2.75, 3.05) is 11.6 Å². The number of benzene rings is 1. The first-order chi connectivity index (χ1) is 10.7. The summed E-state index contributed by atoms with van der Waals surface area (Å²) in [5.74, 6) is 0.804. The molecule has 0 bridgehead atoms. The number of aromatic amines is 1. The molecule has 0 aliphatic heterocycles. The van der Waals surface area contributed by atoms with Crippen molar-refractivity contribution in [3.63, 3.8) is 0 Å². The highest BCUT2D eigenvalue weighted by molar-refractivity contribution is 7.98. The van der Waals surface area contributed by atoms with Crippen LogP contribution in [0.5, 0.6) is 11.7 Å². The van der Waals surface area contributed by atoms with E-state index in [-0.39, 0.29) is 17.7 Å². The summed E-state index contributed by atoms with van der Waals surface area (Å²) in [7, 11) is 0. The van der Waals surface area contributed by atoms with Crippen molar-refractivity contribution >= 4 is 23.6 Å². The van der Waals surface area contributed by atoms with E-state index in [1.807, 2.05) is 24.5 Å². The van der Waals surface area contributed by atoms with Crippen molar-refractivity contribution in [3.8, 4) is 11.7 Å². The second-order valence-electron chi connectivity index (χ2n) is 4.16. The van der Waals surface area contributed by atoms with Gasteiger partial charge in [0.2, 0.25) is 11.1 Å². The molecule has 112 valence electrons. The first kappa shape index (κ1) is 14.2. The number of hydrogen-bond donors (Lipinski definition) is 2. The summed E-state index contributed by atoms with van der Waals surface area (Å²) in [6.45, 7) is 0. The molecule has 8 heteroatoms. The molecule has 0 unspecified atom stereocenters. The third kappa shape index (κ3) is 3.29. The van der Waals surface area contributed by atoms with E-state index in [4.69, 9.17) is 9.15 Å². The molecular formula is C14H12N4O3S. The average molecular weight is 316 g/mol. The molecule has 0 aliphatic rings. The molecule has 2 aromatic heterocycles. The minimum absolute atomic E-state index is 0.119. The van der Waals surface area contributed by atoms with E-state index in [1.165, 1.54) is 17.8 Å². The monoisotopic (exact) mass is 316 g/mol. The lowest BCUT2D eigenvalue weighted by atomic mass is 10.3. The predicted octanol–water partition coefficient (Wildman–Crippen LogP) is 3.16. The molecule has 0 atom stereocenters. The number of nitrogens with one attached hydrogen (secondary N) is 2. The highest BCUT2D eigenvalue weighted by Crippen LogP contribution is 2.23. The van der Waals surface area contributed by atoms with Crippen molar-refractivity contribution in [2.24, 2.45) is 0 Å². The SMILES string of the molecule is CSc1n[nH]c(NC(=O)c2ccc(Oc3ccccc3)o2)n1. The molecule has 0 spiro atoms. The third-order valence-electron chi connectivity index (χ3n) is 2.65. The number of furan rings is 1. The molecule has 0 aliphatic carbocycles. The zero-order chi connectivity index (χ0) is 15.4. The van der Waals surface area contributed by atoms with E-state index in [0.717, 1.165) is 0 Å². The lowest BCUT2D eigenvalue weighted by Gasteiger charge is -2.01. The van der Waals surface area contributed by atoms with Crippen LogP contribution in [0.1, 0.15) is 10.6 Å². The van der Waals surface area contributed by atoms with Crippen molar-refractivity contribution in [2.45, 2.75) is 5.16 Å². The van der Waals surface area contributed by atoms with E-state index in [2.05, 4.69) is 20.5 Å². The van der Waals surface area contributed by atoms with Crippen molar-refractivity contribution < 1.29 is 13.9 Å². The second kappa shape index (κ2) is 6.35. The summed E-state index contributed by atoms with van der Waals surface area (Å²) in [6, 6.07) is 12.3. The van der Waals surface area contributed by atoms with Crippen LogP contribution < -0.4 is 10.1 Å². The largest absolute Gasteiger partial charge is 0.426 e. The summed E-state index contributed by atoms with van der Waals surface area (Å²) in [6.07, 6.45) is 1.84. The molecule has 0 saturated heterocycles. The number of hydrogen-bond acceptors (Lipinski definition) is 6. The molecule has 2 heterocycles. The van der Waals surface area contributed by atoms with Crippen molar-refractivity contribution in [3.05, 3.63) is 48.2 Å². The van der Waals surface area contributed by atoms with Gasteiger partial charge in [-0.1, -0.05) is 30.0 Å². The lowest BCUT2D eigenvalue weighted by molar-refractivity contribution is 0.0991. The van der Waals surface area contributed by atoms with Gasteiger partial charge in [0.05, 0.1) is 0 Å². The number of aromatic nitrogens is 3. The van der Waals surface area contributed by atoms with Crippen LogP contribution in [0, 0.1) is 0 Å². The maximum absolute atomic E-state index is 12.0. The molecule has 1 amide bonds. The molecule has 7 nitrogen and oxygen atoms in total. The molecule has 3 aromatic rings. The van der Waals surface area contributed by atoms with Crippen LogP contribution in [-0.4, -0.2) is 27.3 Å². The zero-order valence-electron chi connectivity index (χ0n) is 11.6. The fraction of sp³-hybridized carbons (Fsp3) is 0.0714. The number of H-pyrrole nitrogens is 1. The van der Waals surface area contributed by atoms with E-state index >= 15 is 0 Å². The minimum atomic E-state index is -0.438. The van der Waals surface area contributed by atoms with Gasteiger partial charge >= 0.3 is 0 Å². The molecule has 1 aromatic carbocycles. The summed E-state index contributed by atoms with van der Waals surface area (Å²) < 4.78 is 10.8. The zero-order valence-corrected chi connectivity index (χ0v) is 12.4. The Balaban J connectivity index is 1.66. The van der Waals surface area contributed by atoms with Gasteiger partial charge in [-0.2, -0.15) is 4.98 Å². The van der Waals surface area contributed by atoms with Crippen LogP contribution in [0.15, 0.2) is 52.0 Å². The number of anilines is 1. The van der Waals surface area contributed by atoms with Crippen LogP contribution in [0.2, 0.25) is 0 Å². The quantitative estimate of drug-likeness (QED) is 0.702. The van der Waals surface area contributed by atoms with Crippen LogP contribution in [0.25, 0.3) is 0 Å². The Labute approximate surface area is 130 Å². The normalized spacial score (nSPS) is 10.4. The summed E-state index contributed by atoms with van der Waals surface area (Å²) in [5.41, 5.74) is 0. The van der Waals surface area contributed by atoms with E-state index in [9.17, 15) is 4.79 Å². The first-order valence-electron chi connectivity index (χ1n) is 6.35. The Bertz CT molecular complexity index is 769.